The molecule has 0 unspecified atom stereocenters. The number of benzene rings is 1. The van der Waals surface area contributed by atoms with E-state index >= 15 is 0 Å². The van der Waals surface area contributed by atoms with Crippen molar-refractivity contribution in [1.82, 2.24) is 19.9 Å². The third-order valence-corrected chi connectivity index (χ3v) is 3.53. The van der Waals surface area contributed by atoms with Gasteiger partial charge in [-0.3, -0.25) is 9.89 Å². The summed E-state index contributed by atoms with van der Waals surface area (Å²) >= 11 is 0. The van der Waals surface area contributed by atoms with Crippen LogP contribution < -0.4 is 0 Å². The van der Waals surface area contributed by atoms with Gasteiger partial charge in [0.2, 0.25) is 0 Å². The largest absolute Gasteiger partial charge is 0.272 e. The first kappa shape index (κ1) is 13.0. The van der Waals surface area contributed by atoms with E-state index in [0.29, 0.717) is 0 Å². The Balaban J connectivity index is 1.79. The van der Waals surface area contributed by atoms with Crippen LogP contribution in [0.3, 0.4) is 0 Å². The lowest BCUT2D eigenvalue weighted by atomic mass is 10.1. The summed E-state index contributed by atoms with van der Waals surface area (Å²) in [5.74, 6) is 0.953. The first-order valence-electron chi connectivity index (χ1n) is 6.80. The van der Waals surface area contributed by atoms with Gasteiger partial charge in [-0.05, 0) is 20.8 Å². The highest BCUT2D eigenvalue weighted by Gasteiger charge is 2.27. The van der Waals surface area contributed by atoms with Gasteiger partial charge in [0.15, 0.2) is 0 Å². The van der Waals surface area contributed by atoms with Gasteiger partial charge in [-0.15, -0.1) is 5.10 Å². The molecule has 3 rings (SSSR count). The maximum absolute atomic E-state index is 4.56. The van der Waals surface area contributed by atoms with Crippen molar-refractivity contribution in [3.05, 3.63) is 36.5 Å². The van der Waals surface area contributed by atoms with Crippen molar-refractivity contribution in [2.75, 3.05) is 13.2 Å². The summed E-state index contributed by atoms with van der Waals surface area (Å²) in [5, 5.41) is 8.43. The Kier molecular flexibility index (Phi) is 3.14. The van der Waals surface area contributed by atoms with E-state index < -0.39 is 0 Å². The number of nitrogens with zero attached hydrogens (tertiary/aromatic N) is 5. The average molecular weight is 269 g/mol. The van der Waals surface area contributed by atoms with Crippen molar-refractivity contribution in [3.8, 4) is 11.3 Å². The highest BCUT2D eigenvalue weighted by molar-refractivity contribution is 5.87. The van der Waals surface area contributed by atoms with Crippen molar-refractivity contribution in [2.24, 2.45) is 4.99 Å². The zero-order valence-electron chi connectivity index (χ0n) is 12.1. The molecule has 5 nitrogen and oxygen atoms in total. The second kappa shape index (κ2) is 4.83. The predicted octanol–water partition coefficient (Wildman–Crippen LogP) is 2.26. The lowest BCUT2D eigenvalue weighted by molar-refractivity contribution is 0.177. The van der Waals surface area contributed by atoms with Crippen LogP contribution in [0.1, 0.15) is 20.8 Å². The fraction of sp³-hybridized carbons (Fsp3) is 0.400. The highest BCUT2D eigenvalue weighted by atomic mass is 15.5. The summed E-state index contributed by atoms with van der Waals surface area (Å²) in [6.07, 6.45) is 1.94. The predicted molar refractivity (Wildman–Crippen MR) is 79.6 cm³/mol. The van der Waals surface area contributed by atoms with Gasteiger partial charge in [-0.1, -0.05) is 35.5 Å². The minimum atomic E-state index is 0.119. The molecule has 2 aromatic rings. The Morgan fingerprint density at radius 3 is 2.50 bits per heavy atom. The monoisotopic (exact) mass is 269 g/mol. The van der Waals surface area contributed by atoms with Gasteiger partial charge in [0, 0.05) is 11.1 Å². The van der Waals surface area contributed by atoms with Crippen molar-refractivity contribution in [3.63, 3.8) is 0 Å². The van der Waals surface area contributed by atoms with E-state index in [1.54, 1.807) is 4.68 Å². The SMILES string of the molecule is CC(C)(C)N1CN=C(n2cc(-c3ccccc3)nn2)C1. The van der Waals surface area contributed by atoms with Crippen molar-refractivity contribution in [2.45, 2.75) is 26.3 Å². The van der Waals surface area contributed by atoms with Crippen LogP contribution >= 0.6 is 0 Å². The van der Waals surface area contributed by atoms with Crippen LogP contribution in [0, 0.1) is 0 Å². The molecule has 1 aliphatic heterocycles. The lowest BCUT2D eigenvalue weighted by Gasteiger charge is -2.30. The van der Waals surface area contributed by atoms with Gasteiger partial charge in [0.1, 0.15) is 11.5 Å². The number of aliphatic imine (C=N–C) groups is 1. The first-order valence-corrected chi connectivity index (χ1v) is 6.80. The fourth-order valence-electron chi connectivity index (χ4n) is 2.16. The fourth-order valence-corrected chi connectivity index (χ4v) is 2.16. The van der Waals surface area contributed by atoms with Gasteiger partial charge < -0.3 is 0 Å². The summed E-state index contributed by atoms with van der Waals surface area (Å²) in [6.45, 7) is 8.12. The van der Waals surface area contributed by atoms with Crippen LogP contribution in [0.25, 0.3) is 11.3 Å². The molecule has 2 heterocycles. The van der Waals surface area contributed by atoms with E-state index in [9.17, 15) is 0 Å². The molecule has 0 saturated carbocycles. The Morgan fingerprint density at radius 1 is 1.10 bits per heavy atom. The minimum absolute atomic E-state index is 0.119. The average Bonchev–Trinajstić information content (AvgIpc) is 3.08. The normalized spacial score (nSPS) is 16.4. The summed E-state index contributed by atoms with van der Waals surface area (Å²) in [4.78, 5) is 6.88. The maximum atomic E-state index is 4.56. The molecule has 0 atom stereocenters. The van der Waals surface area contributed by atoms with E-state index in [0.717, 1.165) is 30.3 Å². The van der Waals surface area contributed by atoms with Gasteiger partial charge >= 0.3 is 0 Å². The third kappa shape index (κ3) is 2.49. The quantitative estimate of drug-likeness (QED) is 0.797. The molecule has 1 aromatic heterocycles. The number of aromatic nitrogens is 3. The zero-order chi connectivity index (χ0) is 14.2. The van der Waals surface area contributed by atoms with Crippen LogP contribution in [0.2, 0.25) is 0 Å². The molecule has 0 aliphatic carbocycles. The third-order valence-electron chi connectivity index (χ3n) is 3.53. The number of hydrogen-bond acceptors (Lipinski definition) is 4. The van der Waals surface area contributed by atoms with Crippen molar-refractivity contribution in [1.29, 1.82) is 0 Å². The van der Waals surface area contributed by atoms with E-state index in [2.05, 4.69) is 41.0 Å². The molecule has 0 saturated heterocycles. The second-order valence-electron chi connectivity index (χ2n) is 6.00. The Hall–Kier alpha value is -2.01. The molecule has 104 valence electrons. The molecule has 1 aromatic carbocycles. The van der Waals surface area contributed by atoms with Crippen molar-refractivity contribution >= 4 is 5.84 Å². The molecule has 1 aliphatic rings. The molecule has 5 heteroatoms. The Bertz CT molecular complexity index is 621. The topological polar surface area (TPSA) is 46.3 Å². The molecule has 0 fully saturated rings. The zero-order valence-corrected chi connectivity index (χ0v) is 12.1. The molecule has 0 bridgehead atoms. The molecular formula is C15H19N5. The van der Waals surface area contributed by atoms with Crippen LogP contribution in [0.4, 0.5) is 0 Å². The van der Waals surface area contributed by atoms with E-state index in [1.165, 1.54) is 0 Å². The summed E-state index contributed by atoms with van der Waals surface area (Å²) < 4.78 is 1.79. The van der Waals surface area contributed by atoms with Crippen LogP contribution in [-0.2, 0) is 0 Å². The van der Waals surface area contributed by atoms with Crippen LogP contribution in [-0.4, -0.2) is 44.5 Å². The summed E-state index contributed by atoms with van der Waals surface area (Å²) in [5.41, 5.74) is 2.07. The lowest BCUT2D eigenvalue weighted by Crippen LogP contribution is -2.41. The molecule has 0 radical (unpaired) electrons. The Morgan fingerprint density at radius 2 is 1.85 bits per heavy atom. The van der Waals surface area contributed by atoms with Gasteiger partial charge in [-0.2, -0.15) is 0 Å². The maximum Gasteiger partial charge on any atom is 0.142 e. The molecule has 0 spiro atoms. The van der Waals surface area contributed by atoms with Crippen molar-refractivity contribution < 1.29 is 0 Å². The molecule has 20 heavy (non-hydrogen) atoms. The molecule has 0 amide bonds. The van der Waals surface area contributed by atoms with Crippen LogP contribution in [0.15, 0.2) is 41.5 Å². The molecular weight excluding hydrogens is 250 g/mol. The number of rotatable bonds is 1. The number of hydrogen-bond donors (Lipinski definition) is 0. The highest BCUT2D eigenvalue weighted by Crippen LogP contribution is 2.18. The van der Waals surface area contributed by atoms with Gasteiger partial charge in [-0.25, -0.2) is 4.68 Å². The smallest absolute Gasteiger partial charge is 0.142 e. The first-order chi connectivity index (χ1) is 9.54. The summed E-state index contributed by atoms with van der Waals surface area (Å²) in [7, 11) is 0. The molecule has 0 N–H and O–H groups in total. The van der Waals surface area contributed by atoms with Crippen LogP contribution in [0.5, 0.6) is 0 Å². The summed E-state index contributed by atoms with van der Waals surface area (Å²) in [6, 6.07) is 10.1. The van der Waals surface area contributed by atoms with E-state index in [-0.39, 0.29) is 5.54 Å². The van der Waals surface area contributed by atoms with Gasteiger partial charge in [0.05, 0.1) is 19.4 Å². The second-order valence-corrected chi connectivity index (χ2v) is 6.00. The van der Waals surface area contributed by atoms with E-state index in [1.807, 2.05) is 36.5 Å². The standard InChI is InChI=1S/C15H19N5/c1-15(2,3)19-10-14(16-11-19)20-9-13(17-18-20)12-7-5-4-6-8-12/h4-9H,10-11H2,1-3H3. The van der Waals surface area contributed by atoms with Gasteiger partial charge in [0.25, 0.3) is 0 Å². The minimum Gasteiger partial charge on any atom is -0.272 e. The van der Waals surface area contributed by atoms with E-state index in [4.69, 9.17) is 0 Å². The Labute approximate surface area is 118 Å².